The molecule has 0 saturated heterocycles. The average molecular weight is 313 g/mol. The molecule has 2 aromatic rings. The van der Waals surface area contributed by atoms with Crippen molar-refractivity contribution in [3.8, 4) is 0 Å². The van der Waals surface area contributed by atoms with E-state index in [1.54, 1.807) is 0 Å². The van der Waals surface area contributed by atoms with Crippen LogP contribution in [0.1, 0.15) is 35.2 Å². The molecule has 0 aliphatic rings. The van der Waals surface area contributed by atoms with Crippen molar-refractivity contribution in [1.29, 1.82) is 0 Å². The minimum Gasteiger partial charge on any atom is -0.379 e. The zero-order valence-electron chi connectivity index (χ0n) is 12.9. The number of nitro groups is 1. The summed E-state index contributed by atoms with van der Waals surface area (Å²) in [4.78, 5) is 21.8. The highest BCUT2D eigenvalue weighted by Gasteiger charge is 2.17. The third kappa shape index (κ3) is 4.06. The normalized spacial score (nSPS) is 11.7. The SMILES string of the molecule is CCC(CNc1ccc(C(N)=O)cc1[N+](=O)[O-])c1ccccc1. The van der Waals surface area contributed by atoms with E-state index in [4.69, 9.17) is 5.73 Å². The largest absolute Gasteiger partial charge is 0.379 e. The summed E-state index contributed by atoms with van der Waals surface area (Å²) in [5.74, 6) is -0.443. The fourth-order valence-electron chi connectivity index (χ4n) is 2.44. The van der Waals surface area contributed by atoms with Gasteiger partial charge in [-0.25, -0.2) is 0 Å². The van der Waals surface area contributed by atoms with E-state index in [1.165, 1.54) is 23.8 Å². The molecule has 2 rings (SSSR count). The Morgan fingerprint density at radius 1 is 1.26 bits per heavy atom. The van der Waals surface area contributed by atoms with Gasteiger partial charge >= 0.3 is 0 Å². The molecule has 2 aromatic carbocycles. The third-order valence-corrected chi connectivity index (χ3v) is 3.78. The highest BCUT2D eigenvalue weighted by atomic mass is 16.6. The molecule has 6 heteroatoms. The van der Waals surface area contributed by atoms with Crippen LogP contribution >= 0.6 is 0 Å². The van der Waals surface area contributed by atoms with E-state index in [2.05, 4.69) is 12.2 Å². The first kappa shape index (κ1) is 16.5. The topological polar surface area (TPSA) is 98.3 Å². The standard InChI is InChI=1S/C17H19N3O3/c1-2-12(13-6-4-3-5-7-13)11-19-15-9-8-14(17(18)21)10-16(15)20(22)23/h3-10,12,19H,2,11H2,1H3,(H2,18,21). The predicted octanol–water partition coefficient (Wildman–Crippen LogP) is 3.30. The number of hydrogen-bond acceptors (Lipinski definition) is 4. The number of carbonyl (C=O) groups excluding carboxylic acids is 1. The molecule has 0 aromatic heterocycles. The zero-order chi connectivity index (χ0) is 16.8. The minimum atomic E-state index is -0.685. The first-order chi connectivity index (χ1) is 11.0. The Bertz CT molecular complexity index is 701. The summed E-state index contributed by atoms with van der Waals surface area (Å²) < 4.78 is 0. The van der Waals surface area contributed by atoms with Crippen LogP contribution < -0.4 is 11.1 Å². The molecule has 3 N–H and O–H groups in total. The van der Waals surface area contributed by atoms with Crippen molar-refractivity contribution in [2.45, 2.75) is 19.3 Å². The van der Waals surface area contributed by atoms with Crippen LogP contribution in [0.4, 0.5) is 11.4 Å². The van der Waals surface area contributed by atoms with Crippen LogP contribution in [0.5, 0.6) is 0 Å². The number of benzene rings is 2. The second kappa shape index (κ2) is 7.40. The maximum Gasteiger partial charge on any atom is 0.293 e. The summed E-state index contributed by atoms with van der Waals surface area (Å²) in [5.41, 5.74) is 6.71. The van der Waals surface area contributed by atoms with Gasteiger partial charge in [0, 0.05) is 24.1 Å². The second-order valence-electron chi connectivity index (χ2n) is 5.25. The Labute approximate surface area is 134 Å². The predicted molar refractivity (Wildman–Crippen MR) is 89.6 cm³/mol. The fourth-order valence-corrected chi connectivity index (χ4v) is 2.44. The molecule has 0 bridgehead atoms. The number of rotatable bonds is 7. The van der Waals surface area contributed by atoms with Crippen molar-refractivity contribution in [2.24, 2.45) is 5.73 Å². The molecule has 0 heterocycles. The van der Waals surface area contributed by atoms with Crippen molar-refractivity contribution in [2.75, 3.05) is 11.9 Å². The van der Waals surface area contributed by atoms with Gasteiger partial charge < -0.3 is 11.1 Å². The quantitative estimate of drug-likeness (QED) is 0.605. The van der Waals surface area contributed by atoms with Crippen LogP contribution in [0.2, 0.25) is 0 Å². The van der Waals surface area contributed by atoms with Gasteiger partial charge in [0.25, 0.3) is 5.69 Å². The molecule has 6 nitrogen and oxygen atoms in total. The Kier molecular flexibility index (Phi) is 5.30. The number of carbonyl (C=O) groups is 1. The molecule has 1 unspecified atom stereocenters. The molecule has 1 atom stereocenters. The van der Waals surface area contributed by atoms with Gasteiger partial charge in [0.1, 0.15) is 5.69 Å². The molecule has 23 heavy (non-hydrogen) atoms. The lowest BCUT2D eigenvalue weighted by Crippen LogP contribution is -2.14. The minimum absolute atomic E-state index is 0.123. The Morgan fingerprint density at radius 2 is 1.96 bits per heavy atom. The van der Waals surface area contributed by atoms with Crippen LogP contribution in [0, 0.1) is 10.1 Å². The molecule has 120 valence electrons. The number of amides is 1. The van der Waals surface area contributed by atoms with Gasteiger partial charge in [0.2, 0.25) is 5.91 Å². The summed E-state index contributed by atoms with van der Waals surface area (Å²) in [6, 6.07) is 14.2. The monoisotopic (exact) mass is 313 g/mol. The van der Waals surface area contributed by atoms with E-state index in [-0.39, 0.29) is 17.2 Å². The summed E-state index contributed by atoms with van der Waals surface area (Å²) in [6.45, 7) is 2.64. The Hall–Kier alpha value is -2.89. The molecule has 0 radical (unpaired) electrons. The van der Waals surface area contributed by atoms with Gasteiger partial charge in [-0.1, -0.05) is 37.3 Å². The molecule has 0 saturated carbocycles. The maximum absolute atomic E-state index is 11.2. The van der Waals surface area contributed by atoms with Crippen molar-refractivity contribution in [1.82, 2.24) is 0 Å². The first-order valence-electron chi connectivity index (χ1n) is 7.40. The van der Waals surface area contributed by atoms with Gasteiger partial charge in [-0.2, -0.15) is 0 Å². The maximum atomic E-state index is 11.2. The first-order valence-corrected chi connectivity index (χ1v) is 7.40. The summed E-state index contributed by atoms with van der Waals surface area (Å²) in [6.07, 6.45) is 0.907. The zero-order valence-corrected chi connectivity index (χ0v) is 12.9. The van der Waals surface area contributed by atoms with E-state index >= 15 is 0 Å². The van der Waals surface area contributed by atoms with Crippen LogP contribution in [0.3, 0.4) is 0 Å². The number of nitrogens with one attached hydrogen (secondary N) is 1. The van der Waals surface area contributed by atoms with Gasteiger partial charge in [-0.05, 0) is 24.1 Å². The highest BCUT2D eigenvalue weighted by Crippen LogP contribution is 2.27. The molecular formula is C17H19N3O3. The number of nitrogens with two attached hydrogens (primary N) is 1. The number of anilines is 1. The van der Waals surface area contributed by atoms with Gasteiger partial charge in [0.15, 0.2) is 0 Å². The molecule has 0 fully saturated rings. The second-order valence-corrected chi connectivity index (χ2v) is 5.25. The van der Waals surface area contributed by atoms with Crippen molar-refractivity contribution >= 4 is 17.3 Å². The fraction of sp³-hybridized carbons (Fsp3) is 0.235. The van der Waals surface area contributed by atoms with Gasteiger partial charge in [-0.3, -0.25) is 14.9 Å². The third-order valence-electron chi connectivity index (χ3n) is 3.78. The summed E-state index contributed by atoms with van der Waals surface area (Å²) in [5, 5.41) is 14.3. The molecular weight excluding hydrogens is 294 g/mol. The summed E-state index contributed by atoms with van der Waals surface area (Å²) >= 11 is 0. The lowest BCUT2D eigenvalue weighted by Gasteiger charge is -2.17. The number of hydrogen-bond donors (Lipinski definition) is 2. The Morgan fingerprint density at radius 3 is 2.52 bits per heavy atom. The van der Waals surface area contributed by atoms with E-state index in [9.17, 15) is 14.9 Å². The van der Waals surface area contributed by atoms with E-state index in [0.717, 1.165) is 6.42 Å². The Balaban J connectivity index is 2.19. The molecule has 0 aliphatic heterocycles. The van der Waals surface area contributed by atoms with Crippen LogP contribution in [-0.2, 0) is 0 Å². The van der Waals surface area contributed by atoms with E-state index in [0.29, 0.717) is 12.2 Å². The number of primary amides is 1. The average Bonchev–Trinajstić information content (AvgIpc) is 2.56. The van der Waals surface area contributed by atoms with Crippen molar-refractivity contribution in [3.05, 3.63) is 69.8 Å². The van der Waals surface area contributed by atoms with Crippen molar-refractivity contribution < 1.29 is 9.72 Å². The van der Waals surface area contributed by atoms with Crippen molar-refractivity contribution in [3.63, 3.8) is 0 Å². The molecule has 0 spiro atoms. The van der Waals surface area contributed by atoms with E-state index in [1.807, 2.05) is 30.3 Å². The summed E-state index contributed by atoms with van der Waals surface area (Å²) in [7, 11) is 0. The number of nitrogens with zero attached hydrogens (tertiary/aromatic N) is 1. The molecule has 1 amide bonds. The number of nitro benzene ring substituents is 1. The molecule has 0 aliphatic carbocycles. The smallest absolute Gasteiger partial charge is 0.293 e. The lowest BCUT2D eigenvalue weighted by molar-refractivity contribution is -0.384. The van der Waals surface area contributed by atoms with Crippen LogP contribution in [0.25, 0.3) is 0 Å². The van der Waals surface area contributed by atoms with Gasteiger partial charge in [0.05, 0.1) is 4.92 Å². The van der Waals surface area contributed by atoms with Crippen LogP contribution in [0.15, 0.2) is 48.5 Å². The highest BCUT2D eigenvalue weighted by molar-refractivity contribution is 5.94. The van der Waals surface area contributed by atoms with Crippen LogP contribution in [-0.4, -0.2) is 17.4 Å². The van der Waals surface area contributed by atoms with E-state index < -0.39 is 10.8 Å². The van der Waals surface area contributed by atoms with Gasteiger partial charge in [-0.15, -0.1) is 0 Å². The lowest BCUT2D eigenvalue weighted by atomic mass is 9.96.